The van der Waals surface area contributed by atoms with Crippen LogP contribution in [0.25, 0.3) is 0 Å². The summed E-state index contributed by atoms with van der Waals surface area (Å²) in [5, 5.41) is 9.02. The number of isocyanates is 1. The maximum atomic E-state index is 9.74. The van der Waals surface area contributed by atoms with E-state index in [1.165, 1.54) is 31.8 Å². The number of aliphatic imine (C=N–C) groups is 1. The SMILES string of the molecule is CCCCCCCCC(O)N=C=O. The van der Waals surface area contributed by atoms with Gasteiger partial charge in [-0.15, -0.1) is 0 Å². The summed E-state index contributed by atoms with van der Waals surface area (Å²) in [4.78, 5) is 12.9. The van der Waals surface area contributed by atoms with Gasteiger partial charge in [-0.1, -0.05) is 39.0 Å². The van der Waals surface area contributed by atoms with Crippen LogP contribution in [-0.2, 0) is 4.79 Å². The van der Waals surface area contributed by atoms with Crippen molar-refractivity contribution in [2.45, 2.75) is 58.1 Å². The predicted molar refractivity (Wildman–Crippen MR) is 52.1 cm³/mol. The van der Waals surface area contributed by atoms with Gasteiger partial charge >= 0.3 is 0 Å². The van der Waals surface area contributed by atoms with E-state index in [0.29, 0.717) is 6.42 Å². The molecule has 0 fully saturated rings. The maximum absolute atomic E-state index is 9.74. The average Bonchev–Trinajstić information content (AvgIpc) is 2.11. The Morgan fingerprint density at radius 3 is 2.46 bits per heavy atom. The molecule has 0 aromatic carbocycles. The summed E-state index contributed by atoms with van der Waals surface area (Å²) in [5.41, 5.74) is 0. The third-order valence-corrected chi connectivity index (χ3v) is 2.02. The maximum Gasteiger partial charge on any atom is 0.237 e. The van der Waals surface area contributed by atoms with Crippen molar-refractivity contribution < 1.29 is 9.90 Å². The van der Waals surface area contributed by atoms with Gasteiger partial charge in [0.15, 0.2) is 6.23 Å². The molecule has 0 radical (unpaired) electrons. The standard InChI is InChI=1S/C10H19NO2/c1-2-3-4-5-6-7-8-10(13)11-9-12/h10,13H,2-8H2,1H3. The monoisotopic (exact) mass is 185 g/mol. The Morgan fingerprint density at radius 2 is 1.85 bits per heavy atom. The fourth-order valence-electron chi connectivity index (χ4n) is 1.23. The van der Waals surface area contributed by atoms with Crippen molar-refractivity contribution >= 4 is 6.08 Å². The van der Waals surface area contributed by atoms with Crippen molar-refractivity contribution in [3.05, 3.63) is 0 Å². The first kappa shape index (κ1) is 12.3. The van der Waals surface area contributed by atoms with Crippen molar-refractivity contribution in [2.75, 3.05) is 0 Å². The van der Waals surface area contributed by atoms with E-state index in [2.05, 4.69) is 11.9 Å². The lowest BCUT2D eigenvalue weighted by atomic mass is 10.1. The lowest BCUT2D eigenvalue weighted by Gasteiger charge is -2.02. The number of carbonyl (C=O) groups excluding carboxylic acids is 1. The minimum Gasteiger partial charge on any atom is -0.371 e. The molecule has 0 spiro atoms. The van der Waals surface area contributed by atoms with Crippen LogP contribution in [0.2, 0.25) is 0 Å². The zero-order valence-electron chi connectivity index (χ0n) is 8.33. The van der Waals surface area contributed by atoms with Gasteiger partial charge in [0.25, 0.3) is 0 Å². The highest BCUT2D eigenvalue weighted by Gasteiger charge is 1.99. The fourth-order valence-corrected chi connectivity index (χ4v) is 1.23. The number of hydrogen-bond donors (Lipinski definition) is 1. The summed E-state index contributed by atoms with van der Waals surface area (Å²) in [6, 6.07) is 0. The molecule has 0 aliphatic carbocycles. The van der Waals surface area contributed by atoms with Gasteiger partial charge in [0.2, 0.25) is 6.08 Å². The summed E-state index contributed by atoms with van der Waals surface area (Å²) < 4.78 is 0. The van der Waals surface area contributed by atoms with Gasteiger partial charge in [0.1, 0.15) is 0 Å². The molecule has 0 heterocycles. The number of aliphatic hydroxyl groups is 1. The second-order valence-electron chi connectivity index (χ2n) is 3.26. The quantitative estimate of drug-likeness (QED) is 0.358. The molecule has 0 saturated carbocycles. The average molecular weight is 185 g/mol. The second-order valence-corrected chi connectivity index (χ2v) is 3.26. The van der Waals surface area contributed by atoms with Crippen molar-refractivity contribution in [1.82, 2.24) is 0 Å². The van der Waals surface area contributed by atoms with Crippen LogP contribution in [0.15, 0.2) is 4.99 Å². The van der Waals surface area contributed by atoms with Crippen LogP contribution in [0.5, 0.6) is 0 Å². The molecule has 0 aromatic rings. The smallest absolute Gasteiger partial charge is 0.237 e. The second kappa shape index (κ2) is 9.43. The number of nitrogens with zero attached hydrogens (tertiary/aromatic N) is 1. The lowest BCUT2D eigenvalue weighted by molar-refractivity contribution is 0.170. The van der Waals surface area contributed by atoms with Crippen LogP contribution in [0.3, 0.4) is 0 Å². The van der Waals surface area contributed by atoms with Crippen LogP contribution < -0.4 is 0 Å². The molecule has 3 heteroatoms. The van der Waals surface area contributed by atoms with Crippen molar-refractivity contribution in [2.24, 2.45) is 4.99 Å². The Balaban J connectivity index is 3.11. The Hall–Kier alpha value is -0.660. The summed E-state index contributed by atoms with van der Waals surface area (Å²) in [5.74, 6) is 0. The first-order chi connectivity index (χ1) is 6.31. The number of aliphatic hydroxyl groups excluding tert-OH is 1. The molecule has 0 bridgehead atoms. The molecule has 0 saturated heterocycles. The molecule has 1 unspecified atom stereocenters. The van der Waals surface area contributed by atoms with Crippen molar-refractivity contribution in [1.29, 1.82) is 0 Å². The van der Waals surface area contributed by atoms with Crippen molar-refractivity contribution in [3.63, 3.8) is 0 Å². The molecule has 3 nitrogen and oxygen atoms in total. The van der Waals surface area contributed by atoms with Crippen LogP contribution in [0.1, 0.15) is 51.9 Å². The van der Waals surface area contributed by atoms with Gasteiger partial charge in [-0.25, -0.2) is 4.79 Å². The predicted octanol–water partition coefficient (Wildman–Crippen LogP) is 2.39. The first-order valence-electron chi connectivity index (χ1n) is 5.06. The molecule has 0 aliphatic rings. The molecule has 0 amide bonds. The highest BCUT2D eigenvalue weighted by atomic mass is 16.3. The number of rotatable bonds is 8. The van der Waals surface area contributed by atoms with E-state index < -0.39 is 6.23 Å². The minimum absolute atomic E-state index is 0.585. The number of unbranched alkanes of at least 4 members (excludes halogenated alkanes) is 5. The largest absolute Gasteiger partial charge is 0.371 e. The molecule has 76 valence electrons. The van der Waals surface area contributed by atoms with Gasteiger partial charge < -0.3 is 5.11 Å². The molecule has 0 aliphatic heterocycles. The summed E-state index contributed by atoms with van der Waals surface area (Å²) >= 11 is 0. The fraction of sp³-hybridized carbons (Fsp3) is 0.900. The molecule has 0 aromatic heterocycles. The van der Waals surface area contributed by atoms with E-state index >= 15 is 0 Å². The highest BCUT2D eigenvalue weighted by Crippen LogP contribution is 2.08. The summed E-state index contributed by atoms with van der Waals surface area (Å²) in [6.45, 7) is 2.18. The highest BCUT2D eigenvalue weighted by molar-refractivity contribution is 5.33. The topological polar surface area (TPSA) is 49.7 Å². The molecular weight excluding hydrogens is 166 g/mol. The lowest BCUT2D eigenvalue weighted by Crippen LogP contribution is -2.01. The number of hydrogen-bond acceptors (Lipinski definition) is 3. The Labute approximate surface area is 79.9 Å². The summed E-state index contributed by atoms with van der Waals surface area (Å²) in [7, 11) is 0. The Bertz CT molecular complexity index is 153. The minimum atomic E-state index is -0.830. The van der Waals surface area contributed by atoms with Gasteiger partial charge in [-0.05, 0) is 12.8 Å². The molecule has 13 heavy (non-hydrogen) atoms. The van der Waals surface area contributed by atoms with E-state index in [0.717, 1.165) is 12.8 Å². The van der Waals surface area contributed by atoms with E-state index in [1.54, 1.807) is 0 Å². The van der Waals surface area contributed by atoms with E-state index in [1.807, 2.05) is 0 Å². The van der Waals surface area contributed by atoms with Crippen LogP contribution >= 0.6 is 0 Å². The molecule has 1 atom stereocenters. The Kier molecular flexibility index (Phi) is 8.95. The normalized spacial score (nSPS) is 12.2. The Morgan fingerprint density at radius 1 is 1.23 bits per heavy atom. The third kappa shape index (κ3) is 9.25. The molecule has 1 N–H and O–H groups in total. The van der Waals surface area contributed by atoms with Gasteiger partial charge in [0, 0.05) is 0 Å². The van der Waals surface area contributed by atoms with E-state index in [4.69, 9.17) is 5.11 Å². The summed E-state index contributed by atoms with van der Waals surface area (Å²) in [6.07, 6.45) is 8.18. The molecule has 0 rings (SSSR count). The van der Waals surface area contributed by atoms with Gasteiger partial charge in [0.05, 0.1) is 0 Å². The van der Waals surface area contributed by atoms with Gasteiger partial charge in [-0.3, -0.25) is 0 Å². The van der Waals surface area contributed by atoms with Crippen LogP contribution in [0, 0.1) is 0 Å². The van der Waals surface area contributed by atoms with E-state index in [9.17, 15) is 4.79 Å². The zero-order valence-corrected chi connectivity index (χ0v) is 8.33. The van der Waals surface area contributed by atoms with Crippen molar-refractivity contribution in [3.8, 4) is 0 Å². The zero-order chi connectivity index (χ0) is 9.94. The third-order valence-electron chi connectivity index (χ3n) is 2.02. The molecular formula is C10H19NO2. The van der Waals surface area contributed by atoms with E-state index in [-0.39, 0.29) is 0 Å². The van der Waals surface area contributed by atoms with Crippen LogP contribution in [0.4, 0.5) is 0 Å². The van der Waals surface area contributed by atoms with Gasteiger partial charge in [-0.2, -0.15) is 4.99 Å². The first-order valence-corrected chi connectivity index (χ1v) is 5.06. The van der Waals surface area contributed by atoms with Crippen LogP contribution in [-0.4, -0.2) is 17.4 Å².